The van der Waals surface area contributed by atoms with Gasteiger partial charge in [-0.15, -0.1) is 0 Å². The van der Waals surface area contributed by atoms with Crippen molar-refractivity contribution in [1.82, 2.24) is 14.6 Å². The highest BCUT2D eigenvalue weighted by Gasteiger charge is 2.43. The molecule has 1 fully saturated rings. The summed E-state index contributed by atoms with van der Waals surface area (Å²) in [5.74, 6) is 0.373. The van der Waals surface area contributed by atoms with Crippen molar-refractivity contribution < 1.29 is 31.8 Å². The minimum absolute atomic E-state index is 0.0698. The fraction of sp³-hybridized carbons (Fsp3) is 0.781. The molecule has 0 saturated carbocycles. The van der Waals surface area contributed by atoms with Crippen LogP contribution in [0.1, 0.15) is 140 Å². The summed E-state index contributed by atoms with van der Waals surface area (Å²) in [6, 6.07) is 5.92. The van der Waals surface area contributed by atoms with E-state index in [0.29, 0.717) is 37.2 Å². The van der Waals surface area contributed by atoms with Gasteiger partial charge in [-0.05, 0) is 37.8 Å². The number of halogens is 3. The number of unbranched alkanes of at least 4 members (excludes halogenated alkanes) is 16. The number of aromatic nitrogens is 3. The van der Waals surface area contributed by atoms with E-state index in [1.54, 1.807) is 4.52 Å². The van der Waals surface area contributed by atoms with Crippen LogP contribution in [0.4, 0.5) is 19.0 Å². The molecule has 0 radical (unpaired) electrons. The molecule has 1 aliphatic rings. The molecule has 3 unspecified atom stereocenters. The van der Waals surface area contributed by atoms with E-state index in [1.807, 2.05) is 12.1 Å². The van der Waals surface area contributed by atoms with Crippen LogP contribution in [0.15, 0.2) is 18.5 Å². The van der Waals surface area contributed by atoms with Gasteiger partial charge in [-0.2, -0.15) is 23.5 Å². The van der Waals surface area contributed by atoms with Crippen LogP contribution < -0.4 is 5.73 Å². The van der Waals surface area contributed by atoms with E-state index in [-0.39, 0.29) is 19.1 Å². The molecule has 0 aromatic carbocycles. The van der Waals surface area contributed by atoms with Crippen molar-refractivity contribution in [3.8, 4) is 6.07 Å². The monoisotopic (exact) mass is 657 g/mol. The Morgan fingerprint density at radius 1 is 0.933 bits per heavy atom. The standard InChI is InChI=1S/C32H51F3N5O4P/c33-32(34,35)21-16-14-12-10-8-6-4-2-1-3-5-7-9-11-13-15-17-23-42-45(41)43-25-31(24-36)22-20-29(44-31)27-18-19-28-30(37)38-26-39-40(27)28/h18-19,26,29,41H,1-17,20-23,25H2,(H2,37,38,39). The molecule has 45 heavy (non-hydrogen) atoms. The van der Waals surface area contributed by atoms with Gasteiger partial charge in [0.05, 0.1) is 18.9 Å². The fourth-order valence-corrected chi connectivity index (χ4v) is 6.50. The van der Waals surface area contributed by atoms with Crippen LogP contribution in [0.2, 0.25) is 0 Å². The van der Waals surface area contributed by atoms with Gasteiger partial charge in [0.25, 0.3) is 0 Å². The van der Waals surface area contributed by atoms with Crippen LogP contribution in [-0.2, 0) is 13.8 Å². The molecule has 3 rings (SSSR count). The maximum atomic E-state index is 12.1. The lowest BCUT2D eigenvalue weighted by Gasteiger charge is -2.22. The number of nitriles is 1. The van der Waals surface area contributed by atoms with E-state index in [0.717, 1.165) is 44.2 Å². The zero-order valence-corrected chi connectivity index (χ0v) is 27.4. The van der Waals surface area contributed by atoms with Crippen LogP contribution in [0.5, 0.6) is 0 Å². The number of alkyl halides is 3. The Bertz CT molecular complexity index is 1150. The van der Waals surface area contributed by atoms with Crippen molar-refractivity contribution in [2.75, 3.05) is 18.9 Å². The first-order chi connectivity index (χ1) is 21.7. The third kappa shape index (κ3) is 14.1. The number of nitrogens with zero attached hydrogens (tertiary/aromatic N) is 4. The first-order valence-corrected chi connectivity index (χ1v) is 17.8. The summed E-state index contributed by atoms with van der Waals surface area (Å²) in [5.41, 5.74) is 6.23. The average Bonchev–Trinajstić information content (AvgIpc) is 3.64. The van der Waals surface area contributed by atoms with Gasteiger partial charge in [-0.3, -0.25) is 0 Å². The van der Waals surface area contributed by atoms with Crippen molar-refractivity contribution in [2.24, 2.45) is 0 Å². The molecule has 0 amide bonds. The van der Waals surface area contributed by atoms with Crippen LogP contribution in [0, 0.1) is 11.3 Å². The van der Waals surface area contributed by atoms with Crippen molar-refractivity contribution in [3.63, 3.8) is 0 Å². The summed E-state index contributed by atoms with van der Waals surface area (Å²) in [7, 11) is -2.08. The van der Waals surface area contributed by atoms with Gasteiger partial charge >= 0.3 is 14.8 Å². The third-order valence-corrected chi connectivity index (χ3v) is 9.19. The molecule has 3 heterocycles. The highest BCUT2D eigenvalue weighted by atomic mass is 31.2. The number of hydrogen-bond donors (Lipinski definition) is 2. The smallest absolute Gasteiger partial charge is 0.382 e. The Morgan fingerprint density at radius 2 is 1.49 bits per heavy atom. The average molecular weight is 658 g/mol. The number of ether oxygens (including phenoxy) is 1. The minimum atomic E-state index is -4.00. The van der Waals surface area contributed by atoms with Gasteiger partial charge in [-0.25, -0.2) is 9.50 Å². The molecule has 254 valence electrons. The lowest BCUT2D eigenvalue weighted by molar-refractivity contribution is -0.135. The van der Waals surface area contributed by atoms with Crippen LogP contribution >= 0.6 is 8.60 Å². The van der Waals surface area contributed by atoms with Crippen molar-refractivity contribution in [3.05, 3.63) is 24.2 Å². The second kappa shape index (κ2) is 20.3. The topological polar surface area (TPSA) is 128 Å². The van der Waals surface area contributed by atoms with E-state index >= 15 is 0 Å². The molecule has 0 spiro atoms. The summed E-state index contributed by atoms with van der Waals surface area (Å²) >= 11 is 0. The predicted molar refractivity (Wildman–Crippen MR) is 169 cm³/mol. The predicted octanol–water partition coefficient (Wildman–Crippen LogP) is 9.26. The zero-order valence-electron chi connectivity index (χ0n) is 26.5. The lowest BCUT2D eigenvalue weighted by Crippen LogP contribution is -2.31. The largest absolute Gasteiger partial charge is 0.389 e. The Hall–Kier alpha value is -2.03. The molecule has 2 aromatic rings. The SMILES string of the molecule is N#CC1(COP(O)OCCCCCCCCCCCCCCCCCCCC(F)(F)F)CCC(c2ccc3c(N)ncnn23)O1. The Morgan fingerprint density at radius 3 is 2.04 bits per heavy atom. The van der Waals surface area contributed by atoms with Crippen molar-refractivity contribution in [2.45, 2.75) is 146 Å². The van der Waals surface area contributed by atoms with Crippen molar-refractivity contribution >= 4 is 19.9 Å². The molecule has 13 heteroatoms. The van der Waals surface area contributed by atoms with Gasteiger partial charge in [0.2, 0.25) is 0 Å². The van der Waals surface area contributed by atoms with Gasteiger partial charge in [0.1, 0.15) is 24.0 Å². The quantitative estimate of drug-likeness (QED) is 0.0845. The molecule has 3 atom stereocenters. The van der Waals surface area contributed by atoms with Gasteiger partial charge in [0, 0.05) is 6.42 Å². The molecule has 3 N–H and O–H groups in total. The maximum Gasteiger partial charge on any atom is 0.389 e. The van der Waals surface area contributed by atoms with Gasteiger partial charge in [0.15, 0.2) is 11.4 Å². The second-order valence-corrected chi connectivity index (χ2v) is 13.2. The highest BCUT2D eigenvalue weighted by molar-refractivity contribution is 7.40. The Labute approximate surface area is 267 Å². The molecule has 1 saturated heterocycles. The van der Waals surface area contributed by atoms with Gasteiger partial charge in [-0.1, -0.05) is 96.3 Å². The summed E-state index contributed by atoms with van der Waals surface area (Å²) in [6.45, 7) is 0.347. The highest BCUT2D eigenvalue weighted by Crippen LogP contribution is 2.43. The number of rotatable bonds is 24. The Balaban J connectivity index is 1.10. The maximum absolute atomic E-state index is 12.1. The number of hydrogen-bond acceptors (Lipinski definition) is 8. The van der Waals surface area contributed by atoms with Crippen LogP contribution in [0.25, 0.3) is 5.52 Å². The van der Waals surface area contributed by atoms with Crippen LogP contribution in [0.3, 0.4) is 0 Å². The van der Waals surface area contributed by atoms with E-state index in [4.69, 9.17) is 19.5 Å². The normalized spacial score (nSPS) is 19.3. The molecule has 0 bridgehead atoms. The molecule has 0 aliphatic carbocycles. The van der Waals surface area contributed by atoms with Crippen molar-refractivity contribution in [1.29, 1.82) is 5.26 Å². The Kier molecular flexibility index (Phi) is 16.8. The molecule has 2 aromatic heterocycles. The molecular weight excluding hydrogens is 606 g/mol. The third-order valence-electron chi connectivity index (χ3n) is 8.44. The first-order valence-electron chi connectivity index (χ1n) is 16.7. The van der Waals surface area contributed by atoms with E-state index in [2.05, 4.69) is 16.2 Å². The minimum Gasteiger partial charge on any atom is -0.382 e. The second-order valence-electron chi connectivity index (χ2n) is 12.2. The number of nitrogens with two attached hydrogens (primary N) is 1. The summed E-state index contributed by atoms with van der Waals surface area (Å²) in [6.07, 6.45) is 15.8. The van der Waals surface area contributed by atoms with E-state index in [9.17, 15) is 23.3 Å². The zero-order chi connectivity index (χ0) is 32.4. The summed E-state index contributed by atoms with van der Waals surface area (Å²) < 4.78 is 55.1. The van der Waals surface area contributed by atoms with Gasteiger partial charge < -0.3 is 24.4 Å². The van der Waals surface area contributed by atoms with E-state index in [1.165, 1.54) is 64.1 Å². The summed E-state index contributed by atoms with van der Waals surface area (Å²) in [5, 5.41) is 14.1. The summed E-state index contributed by atoms with van der Waals surface area (Å²) in [4.78, 5) is 14.2. The molecule has 9 nitrogen and oxygen atoms in total. The number of anilines is 1. The lowest BCUT2D eigenvalue weighted by atomic mass is 10.0. The fourth-order valence-electron chi connectivity index (χ4n) is 5.82. The number of fused-ring (bicyclic) bond motifs is 1. The van der Waals surface area contributed by atoms with E-state index < -0.39 is 26.8 Å². The first kappa shape index (κ1) is 37.4. The molecule has 1 aliphatic heterocycles. The van der Waals surface area contributed by atoms with Crippen LogP contribution in [-0.4, -0.2) is 44.5 Å². The molecular formula is C32H51F3N5O4P. The number of nitrogen functional groups attached to an aromatic ring is 1.